The van der Waals surface area contributed by atoms with Gasteiger partial charge in [0.1, 0.15) is 5.75 Å². The second-order valence-electron chi connectivity index (χ2n) is 3.87. The SMILES string of the molecule is Cn1nnc(Br)c1S(=O)(=O)Nc1cc([N+](=O)[O-])ccc1O. The molecule has 112 valence electrons. The molecule has 2 N–H and O–H groups in total. The van der Waals surface area contributed by atoms with Gasteiger partial charge in [-0.05, 0) is 22.0 Å². The average Bonchev–Trinajstić information content (AvgIpc) is 2.71. The maximum absolute atomic E-state index is 12.2. The van der Waals surface area contributed by atoms with Crippen molar-refractivity contribution in [2.75, 3.05) is 4.72 Å². The van der Waals surface area contributed by atoms with Gasteiger partial charge in [0.25, 0.3) is 15.7 Å². The fourth-order valence-corrected chi connectivity index (χ4v) is 3.68. The third-order valence-corrected chi connectivity index (χ3v) is 4.68. The van der Waals surface area contributed by atoms with Crippen molar-refractivity contribution >= 4 is 37.3 Å². The van der Waals surface area contributed by atoms with Gasteiger partial charge >= 0.3 is 0 Å². The number of nitrogens with zero attached hydrogens (tertiary/aromatic N) is 4. The zero-order chi connectivity index (χ0) is 15.8. The molecule has 21 heavy (non-hydrogen) atoms. The number of non-ortho nitro benzene ring substituents is 1. The van der Waals surface area contributed by atoms with E-state index in [0.29, 0.717) is 0 Å². The summed E-state index contributed by atoms with van der Waals surface area (Å²) in [6, 6.07) is 2.98. The Labute approximate surface area is 126 Å². The lowest BCUT2D eigenvalue weighted by Crippen LogP contribution is -2.17. The predicted octanol–water partition coefficient (Wildman–Crippen LogP) is 0.992. The molecule has 0 bridgehead atoms. The first-order valence-electron chi connectivity index (χ1n) is 5.28. The molecule has 10 nitrogen and oxygen atoms in total. The monoisotopic (exact) mass is 377 g/mol. The van der Waals surface area contributed by atoms with Crippen LogP contribution in [0.5, 0.6) is 5.75 Å². The number of nitro groups is 1. The minimum absolute atomic E-state index is 0.0255. The van der Waals surface area contributed by atoms with Crippen molar-refractivity contribution in [2.24, 2.45) is 7.05 Å². The first-order valence-corrected chi connectivity index (χ1v) is 7.55. The van der Waals surface area contributed by atoms with Crippen LogP contribution < -0.4 is 4.72 Å². The summed E-state index contributed by atoms with van der Waals surface area (Å²) in [7, 11) is -2.78. The molecule has 0 amide bonds. The molecule has 1 heterocycles. The molecule has 1 aromatic carbocycles. The number of sulfonamides is 1. The summed E-state index contributed by atoms with van der Waals surface area (Å²) in [5, 5.41) is 27.1. The van der Waals surface area contributed by atoms with Crippen LogP contribution >= 0.6 is 15.9 Å². The molecule has 0 aliphatic carbocycles. The second kappa shape index (κ2) is 5.29. The first-order chi connectivity index (χ1) is 9.72. The van der Waals surface area contributed by atoms with Crippen LogP contribution in [0.3, 0.4) is 0 Å². The van der Waals surface area contributed by atoms with Gasteiger partial charge in [0.15, 0.2) is 4.60 Å². The molecular weight excluding hydrogens is 370 g/mol. The van der Waals surface area contributed by atoms with Crippen LogP contribution in [0.2, 0.25) is 0 Å². The third-order valence-electron chi connectivity index (χ3n) is 2.43. The van der Waals surface area contributed by atoms with Crippen molar-refractivity contribution in [3.05, 3.63) is 32.9 Å². The van der Waals surface area contributed by atoms with Crippen LogP contribution in [-0.2, 0) is 17.1 Å². The van der Waals surface area contributed by atoms with E-state index < -0.39 is 20.7 Å². The van der Waals surface area contributed by atoms with Gasteiger partial charge in [-0.25, -0.2) is 4.68 Å². The highest BCUT2D eigenvalue weighted by atomic mass is 79.9. The van der Waals surface area contributed by atoms with Crippen molar-refractivity contribution in [3.8, 4) is 5.75 Å². The van der Waals surface area contributed by atoms with Gasteiger partial charge in [0.2, 0.25) is 5.03 Å². The number of phenols is 1. The zero-order valence-corrected chi connectivity index (χ0v) is 12.8. The molecule has 0 saturated carbocycles. The summed E-state index contributed by atoms with van der Waals surface area (Å²) in [5.74, 6) is -0.449. The van der Waals surface area contributed by atoms with E-state index in [4.69, 9.17) is 0 Å². The van der Waals surface area contributed by atoms with Crippen molar-refractivity contribution in [1.29, 1.82) is 0 Å². The average molecular weight is 378 g/mol. The van der Waals surface area contributed by atoms with Crippen molar-refractivity contribution < 1.29 is 18.4 Å². The maximum Gasteiger partial charge on any atom is 0.282 e. The fourth-order valence-electron chi connectivity index (χ4n) is 1.52. The quantitative estimate of drug-likeness (QED) is 0.459. The number of aromatic hydroxyl groups is 1. The Morgan fingerprint density at radius 3 is 2.67 bits per heavy atom. The van der Waals surface area contributed by atoms with Crippen LogP contribution in [0, 0.1) is 10.1 Å². The van der Waals surface area contributed by atoms with Gasteiger partial charge in [0.05, 0.1) is 10.6 Å². The Morgan fingerprint density at radius 1 is 1.48 bits per heavy atom. The van der Waals surface area contributed by atoms with E-state index >= 15 is 0 Å². The molecule has 1 aromatic heterocycles. The lowest BCUT2D eigenvalue weighted by molar-refractivity contribution is -0.384. The molecule has 0 fully saturated rings. The number of phenolic OH excluding ortho intramolecular Hbond substituents is 1. The van der Waals surface area contributed by atoms with E-state index in [2.05, 4.69) is 31.0 Å². The number of halogens is 1. The summed E-state index contributed by atoms with van der Waals surface area (Å²) < 4.78 is 27.5. The van der Waals surface area contributed by atoms with E-state index in [1.165, 1.54) is 7.05 Å². The number of nitro benzene ring substituents is 1. The topological polar surface area (TPSA) is 140 Å². The van der Waals surface area contributed by atoms with Crippen LogP contribution in [0.25, 0.3) is 0 Å². The lowest BCUT2D eigenvalue weighted by Gasteiger charge is -2.09. The summed E-state index contributed by atoms with van der Waals surface area (Å²) in [4.78, 5) is 9.97. The number of rotatable bonds is 4. The Kier molecular flexibility index (Phi) is 3.82. The Morgan fingerprint density at radius 2 is 2.14 bits per heavy atom. The molecule has 2 rings (SSSR count). The smallest absolute Gasteiger partial charge is 0.282 e. The number of hydrogen-bond donors (Lipinski definition) is 2. The maximum atomic E-state index is 12.2. The van der Waals surface area contributed by atoms with Crippen LogP contribution in [0.4, 0.5) is 11.4 Å². The Hall–Kier alpha value is -2.21. The molecule has 0 unspecified atom stereocenters. The molecule has 0 atom stereocenters. The van der Waals surface area contributed by atoms with Crippen LogP contribution in [0.15, 0.2) is 27.8 Å². The van der Waals surface area contributed by atoms with E-state index in [1.807, 2.05) is 0 Å². The van der Waals surface area contributed by atoms with E-state index in [-0.39, 0.29) is 21.0 Å². The van der Waals surface area contributed by atoms with E-state index in [9.17, 15) is 23.6 Å². The number of aryl methyl sites for hydroxylation is 1. The van der Waals surface area contributed by atoms with Gasteiger partial charge in [-0.1, -0.05) is 5.21 Å². The predicted molar refractivity (Wildman–Crippen MR) is 74.3 cm³/mol. The minimum Gasteiger partial charge on any atom is -0.506 e. The number of hydrogen-bond acceptors (Lipinski definition) is 7. The molecule has 0 radical (unpaired) electrons. The minimum atomic E-state index is -4.14. The number of benzene rings is 1. The molecule has 2 aromatic rings. The molecule has 0 aliphatic heterocycles. The molecular formula is C9H8BrN5O5S. The third kappa shape index (κ3) is 2.95. The highest BCUT2D eigenvalue weighted by Gasteiger charge is 2.25. The summed E-state index contributed by atoms with van der Waals surface area (Å²) >= 11 is 2.94. The Bertz CT molecular complexity index is 798. The standard InChI is InChI=1S/C9H8BrN5O5S/c1-14-9(8(10)11-13-14)21(19,20)12-6-4-5(15(17)18)2-3-7(6)16/h2-4,12,16H,1H3. The molecule has 0 saturated heterocycles. The fraction of sp³-hybridized carbons (Fsp3) is 0.111. The van der Waals surface area contributed by atoms with Crippen LogP contribution in [0.1, 0.15) is 0 Å². The largest absolute Gasteiger partial charge is 0.506 e. The summed E-state index contributed by atoms with van der Waals surface area (Å²) in [6.07, 6.45) is 0. The number of aromatic nitrogens is 3. The molecule has 0 aliphatic rings. The van der Waals surface area contributed by atoms with E-state index in [1.54, 1.807) is 0 Å². The van der Waals surface area contributed by atoms with Gasteiger partial charge in [-0.3, -0.25) is 14.8 Å². The highest BCUT2D eigenvalue weighted by Crippen LogP contribution is 2.30. The summed E-state index contributed by atoms with van der Waals surface area (Å²) in [6.45, 7) is 0. The normalized spacial score (nSPS) is 11.3. The number of nitrogens with one attached hydrogen (secondary N) is 1. The molecule has 0 spiro atoms. The van der Waals surface area contributed by atoms with Gasteiger partial charge in [-0.15, -0.1) is 5.10 Å². The van der Waals surface area contributed by atoms with E-state index in [0.717, 1.165) is 22.9 Å². The van der Waals surface area contributed by atoms with Crippen LogP contribution in [-0.4, -0.2) is 33.4 Å². The first kappa shape index (κ1) is 15.2. The van der Waals surface area contributed by atoms with Gasteiger partial charge < -0.3 is 5.11 Å². The zero-order valence-electron chi connectivity index (χ0n) is 10.4. The second-order valence-corrected chi connectivity index (χ2v) is 6.22. The van der Waals surface area contributed by atoms with Crippen molar-refractivity contribution in [2.45, 2.75) is 5.03 Å². The number of anilines is 1. The Balaban J connectivity index is 2.46. The molecule has 12 heteroatoms. The van der Waals surface area contributed by atoms with Gasteiger partial charge in [0, 0.05) is 19.2 Å². The van der Waals surface area contributed by atoms with Gasteiger partial charge in [-0.2, -0.15) is 8.42 Å². The lowest BCUT2D eigenvalue weighted by atomic mass is 10.2. The van der Waals surface area contributed by atoms with Crippen molar-refractivity contribution in [1.82, 2.24) is 15.0 Å². The summed E-state index contributed by atoms with van der Waals surface area (Å²) in [5.41, 5.74) is -0.690. The highest BCUT2D eigenvalue weighted by molar-refractivity contribution is 9.10. The van der Waals surface area contributed by atoms with Crippen molar-refractivity contribution in [3.63, 3.8) is 0 Å².